The third-order valence-electron chi connectivity index (χ3n) is 4.59. The van der Waals surface area contributed by atoms with Crippen LogP contribution in [-0.2, 0) is 14.8 Å². The van der Waals surface area contributed by atoms with Crippen molar-refractivity contribution < 1.29 is 17.9 Å². The Morgan fingerprint density at radius 3 is 2.23 bits per heavy atom. The maximum absolute atomic E-state index is 12.1. The number of hydrogen-bond donors (Lipinski definition) is 1. The summed E-state index contributed by atoms with van der Waals surface area (Å²) >= 11 is 0. The number of piperidine rings is 1. The predicted octanol–water partition coefficient (Wildman–Crippen LogP) is 1.96. The number of carbonyl (C=O) groups is 1. The number of carbonyl (C=O) groups excluding carboxylic acids is 1. The molecule has 0 spiro atoms. The number of nitrogens with zero attached hydrogens (tertiary/aromatic N) is 1. The fraction of sp³-hybridized carbons (Fsp3) is 0.933. The van der Waals surface area contributed by atoms with E-state index in [0.29, 0.717) is 25.6 Å². The zero-order valence-corrected chi connectivity index (χ0v) is 14.8. The first-order valence-corrected chi connectivity index (χ1v) is 9.82. The van der Waals surface area contributed by atoms with Crippen molar-refractivity contribution in [3.63, 3.8) is 0 Å². The highest BCUT2D eigenvalue weighted by atomic mass is 32.2. The second-order valence-corrected chi connectivity index (χ2v) is 9.53. The van der Waals surface area contributed by atoms with Crippen LogP contribution in [0.3, 0.4) is 0 Å². The highest BCUT2D eigenvalue weighted by Gasteiger charge is 2.50. The molecule has 2 rings (SSSR count). The summed E-state index contributed by atoms with van der Waals surface area (Å²) in [5.74, 6) is 0.487. The molecule has 6 nitrogen and oxygen atoms in total. The molecule has 2 fully saturated rings. The standard InChI is InChI=1S/C15H28N2O4S/c1-14(2,3)21-13(18)17-9-5-12(6-10-17)15(7-8-15)11-16-22(4,19)20/h12,16H,5-11H2,1-4H3. The molecule has 1 amide bonds. The largest absolute Gasteiger partial charge is 0.444 e. The molecule has 0 bridgehead atoms. The Hall–Kier alpha value is -0.820. The SMILES string of the molecule is CC(C)(C)OC(=O)N1CCC(C2(CNS(C)(=O)=O)CC2)CC1. The molecule has 0 aromatic heterocycles. The number of ether oxygens (including phenoxy) is 1. The number of hydrogen-bond acceptors (Lipinski definition) is 4. The molecule has 2 aliphatic rings. The maximum atomic E-state index is 12.1. The fourth-order valence-corrected chi connectivity index (χ4v) is 3.72. The first kappa shape index (κ1) is 17.5. The van der Waals surface area contributed by atoms with Gasteiger partial charge in [-0.1, -0.05) is 0 Å². The zero-order chi connectivity index (χ0) is 16.6. The Bertz CT molecular complexity index is 512. The molecule has 1 saturated carbocycles. The van der Waals surface area contributed by atoms with E-state index in [9.17, 15) is 13.2 Å². The molecule has 0 atom stereocenters. The minimum Gasteiger partial charge on any atom is -0.444 e. The molecule has 22 heavy (non-hydrogen) atoms. The van der Waals surface area contributed by atoms with Crippen LogP contribution in [0.2, 0.25) is 0 Å². The molecular formula is C15H28N2O4S. The average molecular weight is 332 g/mol. The molecule has 0 radical (unpaired) electrons. The van der Waals surface area contributed by atoms with Crippen molar-refractivity contribution in [2.45, 2.75) is 52.1 Å². The van der Waals surface area contributed by atoms with Crippen molar-refractivity contribution in [3.05, 3.63) is 0 Å². The topological polar surface area (TPSA) is 75.7 Å². The van der Waals surface area contributed by atoms with Gasteiger partial charge in [0, 0.05) is 19.6 Å². The molecular weight excluding hydrogens is 304 g/mol. The summed E-state index contributed by atoms with van der Waals surface area (Å²) in [5, 5.41) is 0. The van der Waals surface area contributed by atoms with Crippen LogP contribution >= 0.6 is 0 Å². The summed E-state index contributed by atoms with van der Waals surface area (Å²) in [6.07, 6.45) is 4.95. The zero-order valence-electron chi connectivity index (χ0n) is 14.0. The highest BCUT2D eigenvalue weighted by molar-refractivity contribution is 7.88. The molecule has 1 saturated heterocycles. The minimum absolute atomic E-state index is 0.114. The van der Waals surface area contributed by atoms with E-state index in [2.05, 4.69) is 4.72 Å². The van der Waals surface area contributed by atoms with Crippen LogP contribution in [0.15, 0.2) is 0 Å². The Kier molecular flexibility index (Phi) is 4.78. The van der Waals surface area contributed by atoms with Gasteiger partial charge >= 0.3 is 6.09 Å². The van der Waals surface area contributed by atoms with E-state index in [4.69, 9.17) is 4.74 Å². The second kappa shape index (κ2) is 6.00. The van der Waals surface area contributed by atoms with Crippen molar-refractivity contribution in [3.8, 4) is 0 Å². The average Bonchev–Trinajstić information content (AvgIpc) is 3.15. The van der Waals surface area contributed by atoms with E-state index in [1.165, 1.54) is 6.26 Å². The van der Waals surface area contributed by atoms with E-state index < -0.39 is 15.6 Å². The van der Waals surface area contributed by atoms with Crippen LogP contribution in [0.4, 0.5) is 4.79 Å². The summed E-state index contributed by atoms with van der Waals surface area (Å²) in [4.78, 5) is 13.8. The van der Waals surface area contributed by atoms with Crippen molar-refractivity contribution in [1.82, 2.24) is 9.62 Å². The molecule has 0 unspecified atom stereocenters. The Labute approximate surface area is 133 Å². The molecule has 0 aromatic rings. The number of rotatable bonds is 4. The summed E-state index contributed by atoms with van der Waals surface area (Å²) < 4.78 is 30.6. The number of nitrogens with one attached hydrogen (secondary N) is 1. The van der Waals surface area contributed by atoms with Crippen LogP contribution in [0.1, 0.15) is 46.5 Å². The van der Waals surface area contributed by atoms with Gasteiger partial charge < -0.3 is 9.64 Å². The number of amides is 1. The van der Waals surface area contributed by atoms with E-state index in [-0.39, 0.29) is 11.5 Å². The molecule has 128 valence electrons. The van der Waals surface area contributed by atoms with Crippen LogP contribution in [0.5, 0.6) is 0 Å². The van der Waals surface area contributed by atoms with Gasteiger partial charge in [-0.3, -0.25) is 0 Å². The van der Waals surface area contributed by atoms with Crippen LogP contribution < -0.4 is 4.72 Å². The van der Waals surface area contributed by atoms with Gasteiger partial charge in [0.05, 0.1) is 6.26 Å². The lowest BCUT2D eigenvalue weighted by atomic mass is 9.81. The lowest BCUT2D eigenvalue weighted by Crippen LogP contribution is -2.44. The number of likely N-dealkylation sites (tertiary alicyclic amines) is 1. The third-order valence-corrected chi connectivity index (χ3v) is 5.26. The van der Waals surface area contributed by atoms with Crippen molar-refractivity contribution in [2.75, 3.05) is 25.9 Å². The van der Waals surface area contributed by atoms with Crippen molar-refractivity contribution >= 4 is 16.1 Å². The third kappa shape index (κ3) is 4.84. The maximum Gasteiger partial charge on any atom is 0.410 e. The molecule has 1 N–H and O–H groups in total. The van der Waals surface area contributed by atoms with Gasteiger partial charge in [-0.25, -0.2) is 17.9 Å². The second-order valence-electron chi connectivity index (χ2n) is 7.70. The van der Waals surface area contributed by atoms with Gasteiger partial charge in [-0.15, -0.1) is 0 Å². The molecule has 1 aliphatic carbocycles. The van der Waals surface area contributed by atoms with Gasteiger partial charge in [-0.2, -0.15) is 0 Å². The van der Waals surface area contributed by atoms with E-state index in [1.807, 2.05) is 20.8 Å². The van der Waals surface area contributed by atoms with Gasteiger partial charge in [0.2, 0.25) is 10.0 Å². The van der Waals surface area contributed by atoms with Crippen LogP contribution in [0, 0.1) is 11.3 Å². The smallest absolute Gasteiger partial charge is 0.410 e. The molecule has 1 aliphatic heterocycles. The summed E-state index contributed by atoms with van der Waals surface area (Å²) in [6.45, 7) is 7.53. The van der Waals surface area contributed by atoms with Crippen LogP contribution in [0.25, 0.3) is 0 Å². The Balaban J connectivity index is 1.83. The van der Waals surface area contributed by atoms with E-state index in [0.717, 1.165) is 25.7 Å². The molecule has 7 heteroatoms. The fourth-order valence-electron chi connectivity index (χ4n) is 3.17. The highest BCUT2D eigenvalue weighted by Crippen LogP contribution is 2.54. The van der Waals surface area contributed by atoms with Gasteiger partial charge in [0.25, 0.3) is 0 Å². The monoisotopic (exact) mass is 332 g/mol. The van der Waals surface area contributed by atoms with E-state index >= 15 is 0 Å². The Morgan fingerprint density at radius 2 is 1.82 bits per heavy atom. The lowest BCUT2D eigenvalue weighted by molar-refractivity contribution is 0.0151. The van der Waals surface area contributed by atoms with Gasteiger partial charge in [-0.05, 0) is 57.8 Å². The quantitative estimate of drug-likeness (QED) is 0.854. The van der Waals surface area contributed by atoms with Crippen LogP contribution in [-0.4, -0.2) is 50.9 Å². The molecule has 0 aromatic carbocycles. The summed E-state index contributed by atoms with van der Waals surface area (Å²) in [7, 11) is -3.14. The van der Waals surface area contributed by atoms with Gasteiger partial charge in [0.1, 0.15) is 5.60 Å². The Morgan fingerprint density at radius 1 is 1.27 bits per heavy atom. The van der Waals surface area contributed by atoms with E-state index in [1.54, 1.807) is 4.90 Å². The predicted molar refractivity (Wildman–Crippen MR) is 85.0 cm³/mol. The minimum atomic E-state index is -3.14. The first-order valence-electron chi connectivity index (χ1n) is 7.93. The van der Waals surface area contributed by atoms with Crippen molar-refractivity contribution in [1.29, 1.82) is 0 Å². The first-order chi connectivity index (χ1) is 10.0. The summed E-state index contributed by atoms with van der Waals surface area (Å²) in [5.41, 5.74) is -0.353. The lowest BCUT2D eigenvalue weighted by Gasteiger charge is -2.37. The van der Waals surface area contributed by atoms with Gasteiger partial charge in [0.15, 0.2) is 0 Å². The number of sulfonamides is 1. The normalized spacial score (nSPS) is 22.5. The van der Waals surface area contributed by atoms with Crippen molar-refractivity contribution in [2.24, 2.45) is 11.3 Å². The molecule has 1 heterocycles. The summed E-state index contributed by atoms with van der Waals surface area (Å²) in [6, 6.07) is 0.